The van der Waals surface area contributed by atoms with Crippen molar-refractivity contribution in [2.75, 3.05) is 18.0 Å². The van der Waals surface area contributed by atoms with Crippen LogP contribution in [0.3, 0.4) is 0 Å². The molecule has 1 fully saturated rings. The lowest BCUT2D eigenvalue weighted by Crippen LogP contribution is -2.17. The zero-order valence-corrected chi connectivity index (χ0v) is 12.4. The standard InChI is InChI=1S/C15H18N2S.ClH/c16-15(14-4-3-11-18-14)12-5-7-13(8-6-12)17-9-1-2-10-17;/h3-8,11,15H,1-2,9-10,16H2;1H/t15-;/m1./s1. The van der Waals surface area contributed by atoms with Crippen molar-refractivity contribution in [1.82, 2.24) is 0 Å². The van der Waals surface area contributed by atoms with Crippen molar-refractivity contribution in [2.24, 2.45) is 5.73 Å². The molecule has 0 radical (unpaired) electrons. The number of thiophene rings is 1. The Morgan fingerprint density at radius 1 is 1.05 bits per heavy atom. The van der Waals surface area contributed by atoms with Gasteiger partial charge in [-0.05, 0) is 42.0 Å². The first-order valence-corrected chi connectivity index (χ1v) is 7.36. The third-order valence-corrected chi connectivity index (χ3v) is 4.53. The van der Waals surface area contributed by atoms with E-state index in [4.69, 9.17) is 5.73 Å². The van der Waals surface area contributed by atoms with Crippen LogP contribution in [0.5, 0.6) is 0 Å². The first kappa shape index (κ1) is 14.4. The summed E-state index contributed by atoms with van der Waals surface area (Å²) >= 11 is 1.72. The number of halogens is 1. The lowest BCUT2D eigenvalue weighted by atomic mass is 10.1. The molecule has 1 aromatic carbocycles. The molecular formula is C15H19ClN2S. The fourth-order valence-corrected chi connectivity index (χ4v) is 3.25. The molecule has 0 unspecified atom stereocenters. The second kappa shape index (κ2) is 6.42. The molecule has 0 saturated carbocycles. The van der Waals surface area contributed by atoms with E-state index in [9.17, 15) is 0 Å². The van der Waals surface area contributed by atoms with Crippen LogP contribution >= 0.6 is 23.7 Å². The van der Waals surface area contributed by atoms with Gasteiger partial charge in [-0.25, -0.2) is 0 Å². The minimum Gasteiger partial charge on any atom is -0.372 e. The van der Waals surface area contributed by atoms with E-state index in [-0.39, 0.29) is 18.4 Å². The van der Waals surface area contributed by atoms with Gasteiger partial charge in [-0.15, -0.1) is 23.7 Å². The molecule has 2 heterocycles. The molecule has 1 aromatic heterocycles. The Kier molecular flexibility index (Phi) is 4.86. The van der Waals surface area contributed by atoms with Crippen molar-refractivity contribution in [3.63, 3.8) is 0 Å². The summed E-state index contributed by atoms with van der Waals surface area (Å²) in [5.74, 6) is 0. The van der Waals surface area contributed by atoms with E-state index >= 15 is 0 Å². The Hall–Kier alpha value is -1.03. The fourth-order valence-electron chi connectivity index (χ4n) is 2.50. The molecule has 102 valence electrons. The van der Waals surface area contributed by atoms with Crippen LogP contribution in [0.4, 0.5) is 5.69 Å². The molecule has 2 aromatic rings. The molecule has 2 N–H and O–H groups in total. The zero-order valence-electron chi connectivity index (χ0n) is 10.8. The number of nitrogens with zero attached hydrogens (tertiary/aromatic N) is 1. The van der Waals surface area contributed by atoms with Gasteiger partial charge in [-0.2, -0.15) is 0 Å². The Labute approximate surface area is 124 Å². The monoisotopic (exact) mass is 294 g/mol. The van der Waals surface area contributed by atoms with Crippen LogP contribution in [0.15, 0.2) is 41.8 Å². The van der Waals surface area contributed by atoms with E-state index in [0.29, 0.717) is 0 Å². The van der Waals surface area contributed by atoms with Crippen LogP contribution in [0, 0.1) is 0 Å². The van der Waals surface area contributed by atoms with Crippen molar-refractivity contribution in [3.8, 4) is 0 Å². The van der Waals surface area contributed by atoms with Gasteiger partial charge in [0.2, 0.25) is 0 Å². The first-order chi connectivity index (χ1) is 8.84. The molecule has 19 heavy (non-hydrogen) atoms. The molecule has 1 atom stereocenters. The maximum Gasteiger partial charge on any atom is 0.0646 e. The normalized spacial score (nSPS) is 16.2. The van der Waals surface area contributed by atoms with Crippen LogP contribution < -0.4 is 10.6 Å². The molecule has 0 aliphatic carbocycles. The molecule has 0 bridgehead atoms. The number of hydrogen-bond acceptors (Lipinski definition) is 3. The first-order valence-electron chi connectivity index (χ1n) is 6.48. The number of rotatable bonds is 3. The lowest BCUT2D eigenvalue weighted by molar-refractivity contribution is 0.890. The van der Waals surface area contributed by atoms with Crippen LogP contribution in [0.25, 0.3) is 0 Å². The second-order valence-corrected chi connectivity index (χ2v) is 5.76. The largest absolute Gasteiger partial charge is 0.372 e. The highest BCUT2D eigenvalue weighted by Gasteiger charge is 2.13. The average molecular weight is 295 g/mol. The minimum atomic E-state index is 0. The van der Waals surface area contributed by atoms with Crippen molar-refractivity contribution >= 4 is 29.4 Å². The summed E-state index contributed by atoms with van der Waals surface area (Å²) in [6.07, 6.45) is 2.63. The molecular weight excluding hydrogens is 276 g/mol. The minimum absolute atomic E-state index is 0. The zero-order chi connectivity index (χ0) is 12.4. The smallest absolute Gasteiger partial charge is 0.0646 e. The van der Waals surface area contributed by atoms with E-state index in [1.54, 1.807) is 11.3 Å². The Morgan fingerprint density at radius 3 is 2.32 bits per heavy atom. The summed E-state index contributed by atoms with van der Waals surface area (Å²) < 4.78 is 0. The highest BCUT2D eigenvalue weighted by atomic mass is 35.5. The molecule has 0 amide bonds. The van der Waals surface area contributed by atoms with Gasteiger partial charge in [0.25, 0.3) is 0 Å². The van der Waals surface area contributed by atoms with Crippen molar-refractivity contribution < 1.29 is 0 Å². The average Bonchev–Trinajstić information content (AvgIpc) is 3.11. The SMILES string of the molecule is Cl.N[C@H](c1ccc(N2CCCC2)cc1)c1cccs1. The molecule has 1 aliphatic heterocycles. The predicted molar refractivity (Wildman–Crippen MR) is 85.5 cm³/mol. The van der Waals surface area contributed by atoms with E-state index in [1.807, 2.05) is 0 Å². The van der Waals surface area contributed by atoms with Gasteiger partial charge in [0.05, 0.1) is 6.04 Å². The van der Waals surface area contributed by atoms with E-state index < -0.39 is 0 Å². The third-order valence-electron chi connectivity index (χ3n) is 3.57. The Morgan fingerprint density at radius 2 is 1.74 bits per heavy atom. The number of benzene rings is 1. The summed E-state index contributed by atoms with van der Waals surface area (Å²) in [7, 11) is 0. The number of nitrogens with two attached hydrogens (primary N) is 1. The maximum atomic E-state index is 6.26. The van der Waals surface area contributed by atoms with E-state index in [1.165, 1.54) is 42.1 Å². The molecule has 3 rings (SSSR count). The van der Waals surface area contributed by atoms with Crippen molar-refractivity contribution in [1.29, 1.82) is 0 Å². The number of hydrogen-bond donors (Lipinski definition) is 1. The van der Waals surface area contributed by atoms with Crippen molar-refractivity contribution in [2.45, 2.75) is 18.9 Å². The van der Waals surface area contributed by atoms with Gasteiger partial charge in [0.1, 0.15) is 0 Å². The molecule has 2 nitrogen and oxygen atoms in total. The van der Waals surface area contributed by atoms with Gasteiger partial charge >= 0.3 is 0 Å². The summed E-state index contributed by atoms with van der Waals surface area (Å²) in [6.45, 7) is 2.38. The van der Waals surface area contributed by atoms with E-state index in [0.717, 1.165) is 0 Å². The van der Waals surface area contributed by atoms with Crippen LogP contribution in [0.1, 0.15) is 29.3 Å². The summed E-state index contributed by atoms with van der Waals surface area (Å²) in [6, 6.07) is 12.9. The fraction of sp³-hybridized carbons (Fsp3) is 0.333. The van der Waals surface area contributed by atoms with Gasteiger partial charge in [0.15, 0.2) is 0 Å². The van der Waals surface area contributed by atoms with Gasteiger partial charge in [0, 0.05) is 23.7 Å². The number of anilines is 1. The summed E-state index contributed by atoms with van der Waals surface area (Å²) in [5.41, 5.74) is 8.78. The third kappa shape index (κ3) is 3.11. The molecule has 0 spiro atoms. The molecule has 1 saturated heterocycles. The highest BCUT2D eigenvalue weighted by Crippen LogP contribution is 2.26. The topological polar surface area (TPSA) is 29.3 Å². The van der Waals surface area contributed by atoms with Crippen LogP contribution in [-0.4, -0.2) is 13.1 Å². The molecule has 4 heteroatoms. The summed E-state index contributed by atoms with van der Waals surface area (Å²) in [4.78, 5) is 3.67. The van der Waals surface area contributed by atoms with Crippen molar-refractivity contribution in [3.05, 3.63) is 52.2 Å². The van der Waals surface area contributed by atoms with Crippen LogP contribution in [-0.2, 0) is 0 Å². The Bertz CT molecular complexity index is 489. The lowest BCUT2D eigenvalue weighted by Gasteiger charge is -2.18. The molecule has 1 aliphatic rings. The van der Waals surface area contributed by atoms with E-state index in [2.05, 4.69) is 46.7 Å². The van der Waals surface area contributed by atoms with Gasteiger partial charge in [-0.3, -0.25) is 0 Å². The predicted octanol–water partition coefficient (Wildman–Crippen LogP) is 3.82. The second-order valence-electron chi connectivity index (χ2n) is 4.78. The summed E-state index contributed by atoms with van der Waals surface area (Å²) in [5, 5.41) is 2.08. The van der Waals surface area contributed by atoms with Crippen LogP contribution in [0.2, 0.25) is 0 Å². The highest BCUT2D eigenvalue weighted by molar-refractivity contribution is 7.10. The van der Waals surface area contributed by atoms with Gasteiger partial charge in [-0.1, -0.05) is 18.2 Å². The van der Waals surface area contributed by atoms with Gasteiger partial charge < -0.3 is 10.6 Å². The maximum absolute atomic E-state index is 6.26. The Balaban J connectivity index is 0.00000133. The quantitative estimate of drug-likeness (QED) is 0.932.